The molecule has 0 unspecified atom stereocenters. The predicted molar refractivity (Wildman–Crippen MR) is 203 cm³/mol. The number of rotatable bonds is 9. The molecule has 3 N–H and O–H groups in total. The second-order valence-corrected chi connectivity index (χ2v) is 16.5. The fraction of sp³-hybridized carbons (Fsp3) is 0.475. The van der Waals surface area contributed by atoms with E-state index in [9.17, 15) is 14.4 Å². The zero-order chi connectivity index (χ0) is 38.2. The lowest BCUT2D eigenvalue weighted by Crippen LogP contribution is -2.54. The number of urea groups is 1. The van der Waals surface area contributed by atoms with E-state index in [1.807, 2.05) is 61.7 Å². The molecule has 3 heterocycles. The van der Waals surface area contributed by atoms with Gasteiger partial charge in [-0.25, -0.2) is 14.8 Å². The number of amides is 3. The quantitative estimate of drug-likeness (QED) is 0.139. The molecule has 2 aliphatic rings. The van der Waals surface area contributed by atoms with Crippen LogP contribution in [0.15, 0.2) is 60.8 Å². The number of aldehydes is 1. The number of fused-ring (bicyclic) bond motifs is 2. The summed E-state index contributed by atoms with van der Waals surface area (Å²) in [5.74, 6) is 1.08. The van der Waals surface area contributed by atoms with E-state index in [2.05, 4.69) is 75.9 Å². The van der Waals surface area contributed by atoms with Crippen LogP contribution >= 0.6 is 0 Å². The molecule has 0 spiro atoms. The molecule has 6 rings (SSSR count). The first-order chi connectivity index (χ1) is 25.0. The molecule has 53 heavy (non-hydrogen) atoms. The topological polar surface area (TPSA) is 156 Å². The summed E-state index contributed by atoms with van der Waals surface area (Å²) in [6.45, 7) is 12.6. The SMILES string of the molecule is CN(C)C1(CNC(=O)c2nc(NC(=O)N[C@@]3(C=O)C=C[C@@H](Oc4ccc5nnc(C(C)(C)C)n5c4)c4ccccc43)cc(C(C)(C)C)n2)CCCCC1. The number of ether oxygens (including phenoxy) is 1. The number of benzene rings is 1. The summed E-state index contributed by atoms with van der Waals surface area (Å²) in [6, 6.07) is 12.0. The van der Waals surface area contributed by atoms with Crippen LogP contribution in [0.2, 0.25) is 0 Å². The van der Waals surface area contributed by atoms with E-state index in [1.54, 1.807) is 24.3 Å². The lowest BCUT2D eigenvalue weighted by molar-refractivity contribution is -0.111. The van der Waals surface area contributed by atoms with E-state index in [1.165, 1.54) is 6.42 Å². The van der Waals surface area contributed by atoms with Gasteiger partial charge in [0, 0.05) is 34.5 Å². The summed E-state index contributed by atoms with van der Waals surface area (Å²) < 4.78 is 8.38. The third-order valence-corrected chi connectivity index (χ3v) is 10.3. The van der Waals surface area contributed by atoms with Crippen molar-refractivity contribution in [3.63, 3.8) is 0 Å². The average Bonchev–Trinajstić information content (AvgIpc) is 3.56. The van der Waals surface area contributed by atoms with Crippen molar-refractivity contribution in [2.24, 2.45) is 0 Å². The van der Waals surface area contributed by atoms with E-state index in [4.69, 9.17) is 4.74 Å². The molecule has 280 valence electrons. The van der Waals surface area contributed by atoms with Gasteiger partial charge in [0.2, 0.25) is 5.82 Å². The number of aromatic nitrogens is 5. The third kappa shape index (κ3) is 7.80. The molecule has 0 saturated heterocycles. The van der Waals surface area contributed by atoms with Crippen LogP contribution in [0.5, 0.6) is 5.75 Å². The van der Waals surface area contributed by atoms with E-state index >= 15 is 0 Å². The third-order valence-electron chi connectivity index (χ3n) is 10.3. The average molecular weight is 722 g/mol. The predicted octanol–water partition coefficient (Wildman–Crippen LogP) is 6.01. The van der Waals surface area contributed by atoms with E-state index in [0.29, 0.717) is 41.0 Å². The van der Waals surface area contributed by atoms with Crippen LogP contribution in [0.3, 0.4) is 0 Å². The summed E-state index contributed by atoms with van der Waals surface area (Å²) in [5.41, 5.74) is 0.258. The Kier molecular flexibility index (Phi) is 10.2. The highest BCUT2D eigenvalue weighted by Gasteiger charge is 2.39. The van der Waals surface area contributed by atoms with Crippen LogP contribution in [-0.2, 0) is 21.2 Å². The largest absolute Gasteiger partial charge is 0.480 e. The van der Waals surface area contributed by atoms with Crippen LogP contribution in [0.25, 0.3) is 5.65 Å². The summed E-state index contributed by atoms with van der Waals surface area (Å²) >= 11 is 0. The van der Waals surface area contributed by atoms with Crippen LogP contribution in [0, 0.1) is 0 Å². The second kappa shape index (κ2) is 14.3. The van der Waals surface area contributed by atoms with Crippen molar-refractivity contribution in [2.75, 3.05) is 26.0 Å². The second-order valence-electron chi connectivity index (χ2n) is 16.5. The number of carbonyl (C=O) groups excluding carboxylic acids is 3. The fourth-order valence-electron chi connectivity index (χ4n) is 7.15. The number of pyridine rings is 1. The summed E-state index contributed by atoms with van der Waals surface area (Å²) in [7, 11) is 4.10. The van der Waals surface area contributed by atoms with Gasteiger partial charge in [0.05, 0.1) is 11.9 Å². The number of nitrogens with one attached hydrogen (secondary N) is 3. The van der Waals surface area contributed by atoms with Gasteiger partial charge in [0.25, 0.3) is 5.91 Å². The van der Waals surface area contributed by atoms with Gasteiger partial charge in [-0.15, -0.1) is 10.2 Å². The number of anilines is 1. The molecule has 1 fully saturated rings. The molecule has 3 amide bonds. The highest BCUT2D eigenvalue weighted by atomic mass is 16.5. The maximum Gasteiger partial charge on any atom is 0.321 e. The van der Waals surface area contributed by atoms with Gasteiger partial charge in [0.1, 0.15) is 29.0 Å². The number of hydrogen-bond donors (Lipinski definition) is 3. The van der Waals surface area contributed by atoms with E-state index in [0.717, 1.165) is 31.5 Å². The monoisotopic (exact) mass is 721 g/mol. The van der Waals surface area contributed by atoms with Crippen LogP contribution in [0.4, 0.5) is 10.6 Å². The Morgan fingerprint density at radius 1 is 0.981 bits per heavy atom. The minimum Gasteiger partial charge on any atom is -0.480 e. The first kappa shape index (κ1) is 37.6. The van der Waals surface area contributed by atoms with Gasteiger partial charge >= 0.3 is 6.03 Å². The van der Waals surface area contributed by atoms with Crippen molar-refractivity contribution >= 4 is 29.7 Å². The number of hydrogen-bond acceptors (Lipinski definition) is 9. The van der Waals surface area contributed by atoms with Crippen molar-refractivity contribution in [1.29, 1.82) is 0 Å². The Balaban J connectivity index is 1.22. The Hall–Kier alpha value is -5.17. The van der Waals surface area contributed by atoms with Gasteiger partial charge in [-0.05, 0) is 56.8 Å². The van der Waals surface area contributed by atoms with Crippen molar-refractivity contribution in [1.82, 2.24) is 40.1 Å². The molecular formula is C40H51N9O4. The van der Waals surface area contributed by atoms with Gasteiger partial charge < -0.3 is 20.3 Å². The minimum absolute atomic E-state index is 0.0373. The molecule has 1 saturated carbocycles. The lowest BCUT2D eigenvalue weighted by atomic mass is 9.80. The van der Waals surface area contributed by atoms with Gasteiger partial charge in [-0.1, -0.05) is 85.1 Å². The molecule has 3 aromatic heterocycles. The van der Waals surface area contributed by atoms with Crippen LogP contribution < -0.4 is 20.7 Å². The number of likely N-dealkylation sites (N-methyl/N-ethyl adjacent to an activating group) is 1. The first-order valence-corrected chi connectivity index (χ1v) is 18.2. The Labute approximate surface area is 311 Å². The zero-order valence-corrected chi connectivity index (χ0v) is 32.0. The molecule has 0 aliphatic heterocycles. The number of nitrogens with zero attached hydrogens (tertiary/aromatic N) is 6. The van der Waals surface area contributed by atoms with Crippen LogP contribution in [0.1, 0.15) is 113 Å². The highest BCUT2D eigenvalue weighted by molar-refractivity contribution is 5.94. The normalized spacial score (nSPS) is 19.8. The standard InChI is InChI=1S/C40H51N9O4/c1-37(2,3)30-22-31(43-33(42-30)34(51)41-24-39(48(7)8)19-12-9-13-20-39)44-36(52)45-40(25-50)21-18-29(27-14-10-11-15-28(27)40)53-26-16-17-32-46-47-35(38(4,5)6)49(32)23-26/h10-11,14-18,21-23,25,29H,9,12-13,19-20,24H2,1-8H3,(H,41,51)(H2,42,43,44,45,52)/t29-,40-/m1/s1. The number of carbonyl (C=O) groups is 3. The van der Waals surface area contributed by atoms with Gasteiger partial charge in [-0.2, -0.15) is 0 Å². The lowest BCUT2D eigenvalue weighted by Gasteiger charge is -2.43. The van der Waals surface area contributed by atoms with Crippen molar-refractivity contribution in [2.45, 2.75) is 102 Å². The fourth-order valence-corrected chi connectivity index (χ4v) is 7.15. The molecule has 0 bridgehead atoms. The van der Waals surface area contributed by atoms with Gasteiger partial charge in [-0.3, -0.25) is 19.3 Å². The Bertz CT molecular complexity index is 2040. The molecule has 1 aromatic carbocycles. The Morgan fingerprint density at radius 2 is 1.72 bits per heavy atom. The summed E-state index contributed by atoms with van der Waals surface area (Å²) in [4.78, 5) is 51.4. The smallest absolute Gasteiger partial charge is 0.321 e. The van der Waals surface area contributed by atoms with E-state index < -0.39 is 29.0 Å². The first-order valence-electron chi connectivity index (χ1n) is 18.2. The minimum atomic E-state index is -1.50. The molecule has 4 aromatic rings. The van der Waals surface area contributed by atoms with Crippen molar-refractivity contribution in [3.8, 4) is 5.75 Å². The maximum absolute atomic E-state index is 13.7. The molecule has 2 atom stereocenters. The van der Waals surface area contributed by atoms with E-state index in [-0.39, 0.29) is 22.6 Å². The van der Waals surface area contributed by atoms with Crippen molar-refractivity contribution < 1.29 is 19.1 Å². The highest BCUT2D eigenvalue weighted by Crippen LogP contribution is 2.38. The molecule has 13 heteroatoms. The zero-order valence-electron chi connectivity index (χ0n) is 32.0. The molecule has 0 radical (unpaired) electrons. The summed E-state index contributed by atoms with van der Waals surface area (Å²) in [5, 5.41) is 17.4. The van der Waals surface area contributed by atoms with Gasteiger partial charge in [0.15, 0.2) is 11.9 Å². The Morgan fingerprint density at radius 3 is 2.40 bits per heavy atom. The molecule has 2 aliphatic carbocycles. The molecular weight excluding hydrogens is 670 g/mol. The van der Waals surface area contributed by atoms with Crippen molar-refractivity contribution in [3.05, 3.63) is 89.3 Å². The van der Waals surface area contributed by atoms with Crippen LogP contribution in [-0.4, -0.2) is 73.9 Å². The maximum atomic E-state index is 13.7. The molecule has 13 nitrogen and oxygen atoms in total. The summed E-state index contributed by atoms with van der Waals surface area (Å²) in [6.07, 6.45) is 10.8.